The summed E-state index contributed by atoms with van der Waals surface area (Å²) in [5.41, 5.74) is 3.48. The van der Waals surface area contributed by atoms with Gasteiger partial charge >= 0.3 is 5.69 Å². The summed E-state index contributed by atoms with van der Waals surface area (Å²) in [5, 5.41) is 30.4. The number of hydrogen-bond acceptors (Lipinski definition) is 6. The Labute approximate surface area is 155 Å². The fourth-order valence-corrected chi connectivity index (χ4v) is 2.42. The fourth-order valence-electron chi connectivity index (χ4n) is 2.42. The zero-order valence-electron chi connectivity index (χ0n) is 15.0. The molecule has 140 valence electrons. The third-order valence-electron chi connectivity index (χ3n) is 3.73. The van der Waals surface area contributed by atoms with E-state index in [0.29, 0.717) is 0 Å². The van der Waals surface area contributed by atoms with Gasteiger partial charge in [0.05, 0.1) is 11.5 Å². The summed E-state index contributed by atoms with van der Waals surface area (Å²) in [4.78, 5) is 22.8. The average molecular weight is 370 g/mol. The van der Waals surface area contributed by atoms with Gasteiger partial charge in [0.1, 0.15) is 11.6 Å². The standard InChI is InChI=1S/C18H18N4O5/c1-4-27-16-9-13(8-15(17(16)23)22(25)26)7-14(10-19)18(24)20-21-11(2)5-6-12(21)3/h5-9,23H,4H2,1-3H3,(H,20,24)/b14-7-. The van der Waals surface area contributed by atoms with Gasteiger partial charge in [-0.05, 0) is 50.6 Å². The smallest absolute Gasteiger partial charge is 0.315 e. The molecular weight excluding hydrogens is 352 g/mol. The van der Waals surface area contributed by atoms with Crippen LogP contribution in [0.4, 0.5) is 5.69 Å². The normalized spacial score (nSPS) is 11.0. The van der Waals surface area contributed by atoms with Gasteiger partial charge in [-0.2, -0.15) is 5.26 Å². The summed E-state index contributed by atoms with van der Waals surface area (Å²) in [5.74, 6) is -1.39. The van der Waals surface area contributed by atoms with Gasteiger partial charge in [-0.15, -0.1) is 0 Å². The van der Waals surface area contributed by atoms with Gasteiger partial charge in [-0.1, -0.05) is 0 Å². The maximum atomic E-state index is 12.4. The number of aromatic nitrogens is 1. The highest BCUT2D eigenvalue weighted by atomic mass is 16.6. The highest BCUT2D eigenvalue weighted by molar-refractivity contribution is 6.06. The van der Waals surface area contributed by atoms with Crippen molar-refractivity contribution < 1.29 is 19.6 Å². The lowest BCUT2D eigenvalue weighted by Crippen LogP contribution is -2.25. The second-order valence-corrected chi connectivity index (χ2v) is 5.64. The van der Waals surface area contributed by atoms with Gasteiger partial charge in [-0.25, -0.2) is 0 Å². The van der Waals surface area contributed by atoms with Crippen molar-refractivity contribution in [1.29, 1.82) is 5.26 Å². The second-order valence-electron chi connectivity index (χ2n) is 5.64. The van der Waals surface area contributed by atoms with Crippen LogP contribution < -0.4 is 10.2 Å². The minimum absolute atomic E-state index is 0.104. The number of aromatic hydroxyl groups is 1. The number of nitrogens with zero attached hydrogens (tertiary/aromatic N) is 3. The highest BCUT2D eigenvalue weighted by Gasteiger charge is 2.20. The van der Waals surface area contributed by atoms with Crippen molar-refractivity contribution in [3.63, 3.8) is 0 Å². The van der Waals surface area contributed by atoms with Crippen LogP contribution in [0.2, 0.25) is 0 Å². The van der Waals surface area contributed by atoms with Crippen LogP contribution in [0.3, 0.4) is 0 Å². The minimum atomic E-state index is -0.770. The lowest BCUT2D eigenvalue weighted by atomic mass is 10.1. The van der Waals surface area contributed by atoms with Crippen molar-refractivity contribution in [2.45, 2.75) is 20.8 Å². The third-order valence-corrected chi connectivity index (χ3v) is 3.73. The average Bonchev–Trinajstić information content (AvgIpc) is 2.93. The number of carbonyl (C=O) groups excluding carboxylic acids is 1. The van der Waals surface area contributed by atoms with Crippen LogP contribution >= 0.6 is 0 Å². The van der Waals surface area contributed by atoms with Crippen molar-refractivity contribution in [2.24, 2.45) is 0 Å². The number of nitriles is 1. The molecule has 0 aliphatic heterocycles. The summed E-state index contributed by atoms with van der Waals surface area (Å²) in [6, 6.07) is 7.78. The second kappa shape index (κ2) is 8.05. The van der Waals surface area contributed by atoms with Gasteiger partial charge in [0.2, 0.25) is 5.75 Å². The first-order valence-corrected chi connectivity index (χ1v) is 8.00. The first-order chi connectivity index (χ1) is 12.8. The van der Waals surface area contributed by atoms with E-state index in [2.05, 4.69) is 5.43 Å². The molecule has 0 fully saturated rings. The van der Waals surface area contributed by atoms with E-state index in [4.69, 9.17) is 4.74 Å². The number of nitrogens with one attached hydrogen (secondary N) is 1. The third kappa shape index (κ3) is 4.24. The molecule has 0 bridgehead atoms. The number of rotatable bonds is 6. The quantitative estimate of drug-likeness (QED) is 0.348. The number of phenols is 1. The minimum Gasteiger partial charge on any atom is -0.500 e. The first kappa shape index (κ1) is 19.5. The number of nitro groups is 1. The Bertz CT molecular complexity index is 949. The van der Waals surface area contributed by atoms with Crippen LogP contribution in [0.25, 0.3) is 6.08 Å². The molecule has 0 saturated heterocycles. The molecule has 1 aromatic carbocycles. The Morgan fingerprint density at radius 1 is 1.41 bits per heavy atom. The number of phenolic OH excluding ortho intramolecular Hbond substituents is 1. The molecule has 1 heterocycles. The maximum absolute atomic E-state index is 12.4. The Kier molecular flexibility index (Phi) is 5.82. The van der Waals surface area contributed by atoms with E-state index in [1.807, 2.05) is 12.1 Å². The van der Waals surface area contributed by atoms with E-state index in [1.165, 1.54) is 16.8 Å². The molecular formula is C18H18N4O5. The molecule has 0 aliphatic carbocycles. The molecule has 2 N–H and O–H groups in total. The van der Waals surface area contributed by atoms with Crippen LogP contribution in [-0.4, -0.2) is 27.2 Å². The molecule has 0 atom stereocenters. The molecule has 1 amide bonds. The van der Waals surface area contributed by atoms with Gasteiger partial charge in [0.15, 0.2) is 5.75 Å². The predicted molar refractivity (Wildman–Crippen MR) is 97.8 cm³/mol. The molecule has 0 aliphatic rings. The van der Waals surface area contributed by atoms with E-state index >= 15 is 0 Å². The topological polar surface area (TPSA) is 130 Å². The Hall–Kier alpha value is -3.80. The summed E-state index contributed by atoms with van der Waals surface area (Å²) in [7, 11) is 0. The summed E-state index contributed by atoms with van der Waals surface area (Å²) in [6.07, 6.45) is 1.19. The van der Waals surface area contributed by atoms with E-state index in [0.717, 1.165) is 17.5 Å². The van der Waals surface area contributed by atoms with Crippen LogP contribution in [0.15, 0.2) is 29.8 Å². The zero-order valence-corrected chi connectivity index (χ0v) is 15.0. The number of ether oxygens (including phenoxy) is 1. The van der Waals surface area contributed by atoms with Crippen LogP contribution in [-0.2, 0) is 4.79 Å². The molecule has 9 heteroatoms. The number of nitro benzene ring substituents is 1. The van der Waals surface area contributed by atoms with Crippen molar-refractivity contribution in [2.75, 3.05) is 12.0 Å². The lowest BCUT2D eigenvalue weighted by molar-refractivity contribution is -0.386. The molecule has 2 aromatic rings. The van der Waals surface area contributed by atoms with Crippen molar-refractivity contribution >= 4 is 17.7 Å². The summed E-state index contributed by atoms with van der Waals surface area (Å²) in [6.45, 7) is 5.42. The van der Waals surface area contributed by atoms with E-state index in [9.17, 15) is 25.3 Å². The van der Waals surface area contributed by atoms with Gasteiger partial charge in [0.25, 0.3) is 5.91 Å². The van der Waals surface area contributed by atoms with Crippen LogP contribution in [0, 0.1) is 35.3 Å². The molecule has 1 aromatic heterocycles. The fraction of sp³-hybridized carbons (Fsp3) is 0.222. The van der Waals surface area contributed by atoms with Gasteiger partial charge in [0, 0.05) is 17.5 Å². The van der Waals surface area contributed by atoms with Crippen molar-refractivity contribution in [1.82, 2.24) is 4.68 Å². The number of aryl methyl sites for hydroxylation is 2. The van der Waals surface area contributed by atoms with Crippen molar-refractivity contribution in [3.8, 4) is 17.6 Å². The van der Waals surface area contributed by atoms with E-state index in [-0.39, 0.29) is 23.5 Å². The summed E-state index contributed by atoms with van der Waals surface area (Å²) < 4.78 is 6.72. The summed E-state index contributed by atoms with van der Waals surface area (Å²) >= 11 is 0. The molecule has 0 spiro atoms. The van der Waals surface area contributed by atoms with Gasteiger partial charge < -0.3 is 9.84 Å². The van der Waals surface area contributed by atoms with E-state index < -0.39 is 22.3 Å². The maximum Gasteiger partial charge on any atom is 0.315 e. The van der Waals surface area contributed by atoms with Gasteiger partial charge in [-0.3, -0.25) is 25.0 Å². The zero-order chi connectivity index (χ0) is 20.1. The SMILES string of the molecule is CCOc1cc(/C=C(/C#N)C(=O)Nn2c(C)ccc2C)cc([N+](=O)[O-])c1O. The molecule has 27 heavy (non-hydrogen) atoms. The number of benzene rings is 1. The monoisotopic (exact) mass is 370 g/mol. The lowest BCUT2D eigenvalue weighted by Gasteiger charge is -2.11. The van der Waals surface area contributed by atoms with Crippen LogP contribution in [0.1, 0.15) is 23.9 Å². The molecule has 0 unspecified atom stereocenters. The van der Waals surface area contributed by atoms with Crippen LogP contribution in [0.5, 0.6) is 11.5 Å². The highest BCUT2D eigenvalue weighted by Crippen LogP contribution is 2.37. The number of carbonyl (C=O) groups is 1. The number of hydrogen-bond donors (Lipinski definition) is 2. The number of amides is 1. The molecule has 9 nitrogen and oxygen atoms in total. The Morgan fingerprint density at radius 3 is 2.56 bits per heavy atom. The molecule has 2 rings (SSSR count). The first-order valence-electron chi connectivity index (χ1n) is 8.00. The molecule has 0 radical (unpaired) electrons. The molecule has 0 saturated carbocycles. The predicted octanol–water partition coefficient (Wildman–Crippen LogP) is 2.79. The van der Waals surface area contributed by atoms with Crippen molar-refractivity contribution in [3.05, 3.63) is 56.9 Å². The largest absolute Gasteiger partial charge is 0.500 e. The Morgan fingerprint density at radius 2 is 2.04 bits per heavy atom. The Balaban J connectivity index is 2.43. The van der Waals surface area contributed by atoms with E-state index in [1.54, 1.807) is 26.8 Å².